The molecule has 0 aliphatic heterocycles. The topological polar surface area (TPSA) is 43.1 Å². The van der Waals surface area contributed by atoms with E-state index in [4.69, 9.17) is 5.73 Å². The minimum absolute atomic E-state index is 0.190. The van der Waals surface area contributed by atoms with Crippen molar-refractivity contribution in [3.8, 4) is 0 Å². The molecule has 0 atom stereocenters. The predicted octanol–water partition coefficient (Wildman–Crippen LogP) is 2.88. The molecule has 0 aromatic heterocycles. The number of aryl methyl sites for hydroxylation is 1. The summed E-state index contributed by atoms with van der Waals surface area (Å²) in [7, 11) is 0. The average Bonchev–Trinajstić information content (AvgIpc) is 2.20. The zero-order valence-corrected chi connectivity index (χ0v) is 10.9. The minimum Gasteiger partial charge on any atom is -0.370 e. The number of amides is 1. The summed E-state index contributed by atoms with van der Waals surface area (Å²) in [6.45, 7) is 0. The number of hydrogen-bond acceptors (Lipinski definition) is 1. The molecule has 0 saturated heterocycles. The Morgan fingerprint density at radius 3 is 2.60 bits per heavy atom. The standard InChI is InChI=1S/C12H16INO/c13-11-8-5-4-7-10(11)6-2-1-3-9-12(14)15/h4-5,7-8H,1-3,6,9H2,(H2,14,15). The van der Waals surface area contributed by atoms with Gasteiger partial charge in [0.1, 0.15) is 0 Å². The number of carbonyl (C=O) groups is 1. The van der Waals surface area contributed by atoms with Gasteiger partial charge in [-0.1, -0.05) is 24.6 Å². The zero-order valence-electron chi connectivity index (χ0n) is 8.71. The van der Waals surface area contributed by atoms with E-state index in [0.29, 0.717) is 6.42 Å². The van der Waals surface area contributed by atoms with E-state index in [1.54, 1.807) is 0 Å². The molecular formula is C12H16INO. The van der Waals surface area contributed by atoms with Gasteiger partial charge in [-0.15, -0.1) is 0 Å². The third-order valence-electron chi connectivity index (χ3n) is 2.33. The van der Waals surface area contributed by atoms with Crippen LogP contribution in [0, 0.1) is 3.57 Å². The van der Waals surface area contributed by atoms with Crippen LogP contribution in [0.15, 0.2) is 24.3 Å². The quantitative estimate of drug-likeness (QED) is 0.636. The van der Waals surface area contributed by atoms with Crippen LogP contribution in [-0.2, 0) is 11.2 Å². The van der Waals surface area contributed by atoms with Gasteiger partial charge in [0.25, 0.3) is 0 Å². The van der Waals surface area contributed by atoms with Crippen LogP contribution in [0.2, 0.25) is 0 Å². The fourth-order valence-electron chi connectivity index (χ4n) is 1.49. The molecule has 0 radical (unpaired) electrons. The second-order valence-corrected chi connectivity index (χ2v) is 4.78. The van der Waals surface area contributed by atoms with Crippen LogP contribution in [0.5, 0.6) is 0 Å². The normalized spacial score (nSPS) is 10.2. The third-order valence-corrected chi connectivity index (χ3v) is 3.38. The summed E-state index contributed by atoms with van der Waals surface area (Å²) in [6.07, 6.45) is 4.74. The van der Waals surface area contributed by atoms with Crippen molar-refractivity contribution >= 4 is 28.5 Å². The van der Waals surface area contributed by atoms with Gasteiger partial charge in [0.15, 0.2) is 0 Å². The minimum atomic E-state index is -0.190. The van der Waals surface area contributed by atoms with Crippen LogP contribution in [0.4, 0.5) is 0 Å². The molecule has 1 aromatic carbocycles. The van der Waals surface area contributed by atoms with Crippen molar-refractivity contribution < 1.29 is 4.79 Å². The van der Waals surface area contributed by atoms with Crippen molar-refractivity contribution in [3.05, 3.63) is 33.4 Å². The molecule has 15 heavy (non-hydrogen) atoms. The lowest BCUT2D eigenvalue weighted by molar-refractivity contribution is -0.118. The van der Waals surface area contributed by atoms with Gasteiger partial charge in [-0.05, 0) is 53.5 Å². The number of benzene rings is 1. The highest BCUT2D eigenvalue weighted by atomic mass is 127. The van der Waals surface area contributed by atoms with Crippen molar-refractivity contribution in [1.82, 2.24) is 0 Å². The highest BCUT2D eigenvalue weighted by Crippen LogP contribution is 2.14. The Bertz CT molecular complexity index is 325. The number of carbonyl (C=O) groups excluding carboxylic acids is 1. The Hall–Kier alpha value is -0.580. The maximum absolute atomic E-state index is 10.5. The fraction of sp³-hybridized carbons (Fsp3) is 0.417. The molecule has 0 bridgehead atoms. The van der Waals surface area contributed by atoms with Gasteiger partial charge < -0.3 is 5.73 Å². The average molecular weight is 317 g/mol. The number of halogens is 1. The molecule has 2 N–H and O–H groups in total. The first-order chi connectivity index (χ1) is 7.20. The van der Waals surface area contributed by atoms with Gasteiger partial charge in [0, 0.05) is 9.99 Å². The number of nitrogens with two attached hydrogens (primary N) is 1. The van der Waals surface area contributed by atoms with Crippen LogP contribution in [-0.4, -0.2) is 5.91 Å². The second kappa shape index (κ2) is 6.82. The predicted molar refractivity (Wildman–Crippen MR) is 70.5 cm³/mol. The Labute approximate surface area is 104 Å². The van der Waals surface area contributed by atoms with Crippen molar-refractivity contribution in [3.63, 3.8) is 0 Å². The van der Waals surface area contributed by atoms with Gasteiger partial charge in [-0.2, -0.15) is 0 Å². The van der Waals surface area contributed by atoms with Gasteiger partial charge in [-0.25, -0.2) is 0 Å². The van der Waals surface area contributed by atoms with E-state index >= 15 is 0 Å². The molecule has 82 valence electrons. The molecule has 0 unspecified atom stereocenters. The highest BCUT2D eigenvalue weighted by molar-refractivity contribution is 14.1. The molecule has 0 fully saturated rings. The van der Waals surface area contributed by atoms with E-state index in [-0.39, 0.29) is 5.91 Å². The molecule has 1 amide bonds. The Morgan fingerprint density at radius 2 is 1.93 bits per heavy atom. The molecule has 2 nitrogen and oxygen atoms in total. The van der Waals surface area contributed by atoms with Crippen molar-refractivity contribution in [2.75, 3.05) is 0 Å². The molecule has 0 spiro atoms. The van der Waals surface area contributed by atoms with E-state index in [9.17, 15) is 4.79 Å². The first kappa shape index (κ1) is 12.5. The SMILES string of the molecule is NC(=O)CCCCCc1ccccc1I. The maximum atomic E-state index is 10.5. The molecular weight excluding hydrogens is 301 g/mol. The van der Waals surface area contributed by atoms with Gasteiger partial charge >= 0.3 is 0 Å². The molecule has 1 rings (SSSR count). The van der Waals surface area contributed by atoms with Crippen molar-refractivity contribution in [1.29, 1.82) is 0 Å². The molecule has 3 heteroatoms. The summed E-state index contributed by atoms with van der Waals surface area (Å²) in [5.41, 5.74) is 6.47. The molecule has 0 saturated carbocycles. The number of hydrogen-bond donors (Lipinski definition) is 1. The highest BCUT2D eigenvalue weighted by Gasteiger charge is 1.99. The Balaban J connectivity index is 2.21. The lowest BCUT2D eigenvalue weighted by atomic mass is 10.1. The van der Waals surface area contributed by atoms with Crippen LogP contribution in [0.25, 0.3) is 0 Å². The monoisotopic (exact) mass is 317 g/mol. The Kier molecular flexibility index (Phi) is 5.68. The molecule has 0 heterocycles. The number of rotatable bonds is 6. The lowest BCUT2D eigenvalue weighted by Crippen LogP contribution is -2.09. The molecule has 1 aromatic rings. The second-order valence-electron chi connectivity index (χ2n) is 3.62. The fourth-order valence-corrected chi connectivity index (χ4v) is 2.15. The zero-order chi connectivity index (χ0) is 11.1. The molecule has 0 aliphatic carbocycles. The van der Waals surface area contributed by atoms with E-state index in [1.165, 1.54) is 9.13 Å². The molecule has 0 aliphatic rings. The van der Waals surface area contributed by atoms with E-state index in [0.717, 1.165) is 25.7 Å². The largest absolute Gasteiger partial charge is 0.370 e. The summed E-state index contributed by atoms with van der Waals surface area (Å²) < 4.78 is 1.32. The summed E-state index contributed by atoms with van der Waals surface area (Å²) in [5, 5.41) is 0. The van der Waals surface area contributed by atoms with Gasteiger partial charge in [0.05, 0.1) is 0 Å². The van der Waals surface area contributed by atoms with E-state index in [1.807, 2.05) is 0 Å². The first-order valence-electron chi connectivity index (χ1n) is 5.22. The summed E-state index contributed by atoms with van der Waals surface area (Å²) in [6, 6.07) is 8.41. The number of unbranched alkanes of at least 4 members (excludes halogenated alkanes) is 2. The van der Waals surface area contributed by atoms with Crippen molar-refractivity contribution in [2.24, 2.45) is 5.73 Å². The van der Waals surface area contributed by atoms with Crippen LogP contribution in [0.3, 0.4) is 0 Å². The summed E-state index contributed by atoms with van der Waals surface area (Å²) in [5.74, 6) is -0.190. The summed E-state index contributed by atoms with van der Waals surface area (Å²) in [4.78, 5) is 10.5. The van der Waals surface area contributed by atoms with Crippen LogP contribution < -0.4 is 5.73 Å². The van der Waals surface area contributed by atoms with Crippen LogP contribution in [0.1, 0.15) is 31.2 Å². The van der Waals surface area contributed by atoms with E-state index in [2.05, 4.69) is 46.9 Å². The lowest BCUT2D eigenvalue weighted by Gasteiger charge is -2.03. The Morgan fingerprint density at radius 1 is 1.20 bits per heavy atom. The van der Waals surface area contributed by atoms with Crippen molar-refractivity contribution in [2.45, 2.75) is 32.1 Å². The summed E-state index contributed by atoms with van der Waals surface area (Å²) >= 11 is 2.36. The third kappa shape index (κ3) is 5.16. The van der Waals surface area contributed by atoms with Gasteiger partial charge in [0.2, 0.25) is 5.91 Å². The van der Waals surface area contributed by atoms with Crippen LogP contribution >= 0.6 is 22.6 Å². The van der Waals surface area contributed by atoms with Gasteiger partial charge in [-0.3, -0.25) is 4.79 Å². The maximum Gasteiger partial charge on any atom is 0.217 e. The van der Waals surface area contributed by atoms with E-state index < -0.39 is 0 Å². The number of primary amides is 1. The first-order valence-corrected chi connectivity index (χ1v) is 6.29. The smallest absolute Gasteiger partial charge is 0.217 e.